The molecule has 3 aliphatic carbocycles. The first-order valence-electron chi connectivity index (χ1n) is 16.3. The van der Waals surface area contributed by atoms with Crippen molar-refractivity contribution in [3.63, 3.8) is 0 Å². The number of aromatic nitrogens is 2. The summed E-state index contributed by atoms with van der Waals surface area (Å²) in [5, 5.41) is 15.4. The lowest BCUT2D eigenvalue weighted by molar-refractivity contribution is 0.245. The summed E-state index contributed by atoms with van der Waals surface area (Å²) >= 11 is 5.86. The van der Waals surface area contributed by atoms with E-state index >= 15 is 0 Å². The second-order valence-electron chi connectivity index (χ2n) is 12.3. The van der Waals surface area contributed by atoms with Gasteiger partial charge in [0.2, 0.25) is 5.88 Å². The van der Waals surface area contributed by atoms with Crippen molar-refractivity contribution in [3.8, 4) is 5.88 Å². The van der Waals surface area contributed by atoms with Crippen LogP contribution in [0.2, 0.25) is 0 Å². The molecule has 0 unspecified atom stereocenters. The topological polar surface area (TPSA) is 91.9 Å². The van der Waals surface area contributed by atoms with E-state index in [1.54, 1.807) is 0 Å². The van der Waals surface area contributed by atoms with Gasteiger partial charge in [0.25, 0.3) is 5.56 Å². The molecule has 0 amide bonds. The average Bonchev–Trinajstić information content (AvgIpc) is 3.02. The Morgan fingerprint density at radius 2 is 1.45 bits per heavy atom. The number of thiocarbonyl (C=S) groups is 1. The molecule has 3 aliphatic rings. The number of para-hydroxylation sites is 1. The lowest BCUT2D eigenvalue weighted by Gasteiger charge is -2.36. The van der Waals surface area contributed by atoms with Crippen molar-refractivity contribution in [2.24, 2.45) is 4.99 Å². The molecule has 0 bridgehead atoms. The fourth-order valence-corrected chi connectivity index (χ4v) is 7.50. The van der Waals surface area contributed by atoms with Crippen molar-refractivity contribution < 1.29 is 5.11 Å². The zero-order valence-electron chi connectivity index (χ0n) is 24.9. The standard InChI is InChI=1S/C33H47N5O3S/c39-30-29(31(40)38(28-20-11-4-12-21-28)33(41)37(30)27-18-9-3-10-19-27)24-34-22-13-23-36(26-16-7-2-8-17-26)32(42)35-25-14-5-1-6-15-25/h1,5-6,14-15,24,26-28,39H,2-4,7-13,16-23H2,(H,35,42). The molecule has 3 fully saturated rings. The van der Waals surface area contributed by atoms with Gasteiger partial charge >= 0.3 is 5.69 Å². The minimum absolute atomic E-state index is 0.0731. The van der Waals surface area contributed by atoms with E-state index in [0.29, 0.717) is 12.6 Å². The Balaban J connectivity index is 1.32. The quantitative estimate of drug-likeness (QED) is 0.194. The summed E-state index contributed by atoms with van der Waals surface area (Å²) in [5.41, 5.74) is 0.378. The van der Waals surface area contributed by atoms with Gasteiger partial charge in [0.1, 0.15) is 5.56 Å². The van der Waals surface area contributed by atoms with Crippen LogP contribution in [0.4, 0.5) is 5.69 Å². The largest absolute Gasteiger partial charge is 0.494 e. The van der Waals surface area contributed by atoms with Crippen LogP contribution in [0.1, 0.15) is 120 Å². The maximum atomic E-state index is 13.7. The highest BCUT2D eigenvalue weighted by molar-refractivity contribution is 7.80. The van der Waals surface area contributed by atoms with Crippen LogP contribution in [0.25, 0.3) is 0 Å². The van der Waals surface area contributed by atoms with Crippen LogP contribution in [0.5, 0.6) is 5.88 Å². The molecule has 3 saturated carbocycles. The molecule has 8 nitrogen and oxygen atoms in total. The number of benzene rings is 1. The van der Waals surface area contributed by atoms with Gasteiger partial charge in [-0.05, 0) is 69.3 Å². The van der Waals surface area contributed by atoms with Crippen LogP contribution in [0.15, 0.2) is 44.9 Å². The number of aliphatic imine (C=N–C) groups is 1. The maximum Gasteiger partial charge on any atom is 0.334 e. The molecule has 1 aromatic heterocycles. The molecule has 1 aromatic carbocycles. The van der Waals surface area contributed by atoms with Crippen LogP contribution in [-0.4, -0.2) is 49.6 Å². The number of aromatic hydroxyl groups is 1. The van der Waals surface area contributed by atoms with Crippen molar-refractivity contribution >= 4 is 29.2 Å². The summed E-state index contributed by atoms with van der Waals surface area (Å²) in [6.07, 6.45) is 18.0. The summed E-state index contributed by atoms with van der Waals surface area (Å²) < 4.78 is 2.95. The van der Waals surface area contributed by atoms with E-state index in [1.165, 1.54) is 34.6 Å². The van der Waals surface area contributed by atoms with Crippen molar-refractivity contribution in [2.75, 3.05) is 18.4 Å². The van der Waals surface area contributed by atoms with Gasteiger partial charge in [-0.25, -0.2) is 4.79 Å². The van der Waals surface area contributed by atoms with Crippen molar-refractivity contribution in [2.45, 2.75) is 121 Å². The molecule has 0 radical (unpaired) electrons. The van der Waals surface area contributed by atoms with Crippen molar-refractivity contribution in [1.29, 1.82) is 0 Å². The highest BCUT2D eigenvalue weighted by Crippen LogP contribution is 2.32. The molecule has 5 rings (SSSR count). The Morgan fingerprint density at radius 3 is 2.07 bits per heavy atom. The van der Waals surface area contributed by atoms with Gasteiger partial charge in [0.05, 0.1) is 0 Å². The van der Waals surface area contributed by atoms with Gasteiger partial charge in [-0.2, -0.15) is 0 Å². The van der Waals surface area contributed by atoms with E-state index in [-0.39, 0.29) is 29.2 Å². The van der Waals surface area contributed by atoms with Crippen molar-refractivity contribution in [3.05, 3.63) is 56.7 Å². The van der Waals surface area contributed by atoms with Crippen molar-refractivity contribution in [1.82, 2.24) is 14.0 Å². The molecule has 42 heavy (non-hydrogen) atoms. The molecule has 228 valence electrons. The second kappa shape index (κ2) is 15.0. The maximum absolute atomic E-state index is 13.7. The van der Waals surface area contributed by atoms with Gasteiger partial charge < -0.3 is 15.3 Å². The first-order valence-corrected chi connectivity index (χ1v) is 16.7. The molecule has 0 spiro atoms. The smallest absolute Gasteiger partial charge is 0.334 e. The SMILES string of the molecule is O=c1c(C=NCCCN(C(=S)Nc2ccccc2)C2CCCCC2)c(O)n(C2CCCCC2)c(=O)n1C1CCCCC1. The lowest BCUT2D eigenvalue weighted by atomic mass is 9.94. The van der Waals surface area contributed by atoms with Gasteiger partial charge in [-0.1, -0.05) is 76.0 Å². The molecular formula is C33H47N5O3S. The summed E-state index contributed by atoms with van der Waals surface area (Å²) in [5.74, 6) is -0.218. The molecule has 0 atom stereocenters. The Labute approximate surface area is 254 Å². The highest BCUT2D eigenvalue weighted by Gasteiger charge is 2.28. The van der Waals surface area contributed by atoms with Crippen LogP contribution in [0.3, 0.4) is 0 Å². The molecule has 1 heterocycles. The normalized spacial score (nSPS) is 19.2. The third kappa shape index (κ3) is 7.33. The Hall–Kier alpha value is -2.94. The number of hydrogen-bond donors (Lipinski definition) is 2. The van der Waals surface area contributed by atoms with Crippen LogP contribution >= 0.6 is 12.2 Å². The predicted molar refractivity (Wildman–Crippen MR) is 174 cm³/mol. The predicted octanol–water partition coefficient (Wildman–Crippen LogP) is 6.57. The number of nitrogens with zero attached hydrogens (tertiary/aromatic N) is 4. The summed E-state index contributed by atoms with van der Waals surface area (Å²) in [4.78, 5) is 34.2. The van der Waals surface area contributed by atoms with Gasteiger partial charge in [0.15, 0.2) is 5.11 Å². The molecule has 0 saturated heterocycles. The minimum Gasteiger partial charge on any atom is -0.494 e. The summed E-state index contributed by atoms with van der Waals surface area (Å²) in [6, 6.07) is 10.3. The number of hydrogen-bond acceptors (Lipinski definition) is 5. The lowest BCUT2D eigenvalue weighted by Crippen LogP contribution is -2.45. The fourth-order valence-electron chi connectivity index (χ4n) is 7.14. The van der Waals surface area contributed by atoms with E-state index < -0.39 is 5.56 Å². The Bertz CT molecular complexity index is 1320. The van der Waals surface area contributed by atoms with E-state index in [2.05, 4.69) is 15.2 Å². The van der Waals surface area contributed by atoms with E-state index in [1.807, 2.05) is 30.3 Å². The first-order chi connectivity index (χ1) is 20.5. The summed E-state index contributed by atoms with van der Waals surface area (Å²) in [6.45, 7) is 1.27. The van der Waals surface area contributed by atoms with Crippen LogP contribution < -0.4 is 16.6 Å². The van der Waals surface area contributed by atoms with Gasteiger partial charge in [-0.15, -0.1) is 0 Å². The monoisotopic (exact) mass is 593 g/mol. The van der Waals surface area contributed by atoms with E-state index in [9.17, 15) is 14.7 Å². The second-order valence-corrected chi connectivity index (χ2v) is 12.7. The van der Waals surface area contributed by atoms with Gasteiger partial charge in [-0.3, -0.25) is 18.9 Å². The number of rotatable bonds is 9. The third-order valence-corrected chi connectivity index (χ3v) is 9.75. The Morgan fingerprint density at radius 1 is 0.881 bits per heavy atom. The zero-order valence-corrected chi connectivity index (χ0v) is 25.7. The van der Waals surface area contributed by atoms with E-state index in [0.717, 1.165) is 101 Å². The minimum atomic E-state index is -0.405. The van der Waals surface area contributed by atoms with Crippen LogP contribution in [-0.2, 0) is 0 Å². The van der Waals surface area contributed by atoms with Gasteiger partial charge in [0, 0.05) is 43.1 Å². The first kappa shape index (κ1) is 30.5. The van der Waals surface area contributed by atoms with Crippen LogP contribution in [0, 0.1) is 0 Å². The molecule has 0 aliphatic heterocycles. The van der Waals surface area contributed by atoms with E-state index in [4.69, 9.17) is 12.2 Å². The molecule has 2 N–H and O–H groups in total. The average molecular weight is 594 g/mol. The fraction of sp³-hybridized carbons (Fsp3) is 0.636. The molecule has 2 aromatic rings. The zero-order chi connectivity index (χ0) is 29.3. The third-order valence-electron chi connectivity index (χ3n) is 9.42. The number of anilines is 1. The molecule has 9 heteroatoms. The summed E-state index contributed by atoms with van der Waals surface area (Å²) in [7, 11) is 0. The highest BCUT2D eigenvalue weighted by atomic mass is 32.1. The molecular weight excluding hydrogens is 546 g/mol. The Kier molecular flexibility index (Phi) is 10.9. The number of nitrogens with one attached hydrogen (secondary N) is 1.